The van der Waals surface area contributed by atoms with E-state index < -0.39 is 0 Å². The summed E-state index contributed by atoms with van der Waals surface area (Å²) in [4.78, 5) is 18.7. The van der Waals surface area contributed by atoms with Crippen molar-refractivity contribution in [3.63, 3.8) is 0 Å². The lowest BCUT2D eigenvalue weighted by atomic mass is 9.94. The molecule has 0 radical (unpaired) electrons. The maximum absolute atomic E-state index is 13.0. The minimum Gasteiger partial charge on any atom is -0.441 e. The van der Waals surface area contributed by atoms with Gasteiger partial charge in [-0.1, -0.05) is 19.3 Å². The number of hydrogen-bond donors (Lipinski definition) is 1. The van der Waals surface area contributed by atoms with Gasteiger partial charge in [0.05, 0.1) is 6.20 Å². The first kappa shape index (κ1) is 20.5. The number of benzene rings is 1. The molecule has 0 spiro atoms. The topological polar surface area (TPSA) is 58.4 Å². The number of oxazole rings is 1. The molecule has 6 heteroatoms. The molecule has 1 saturated carbocycles. The van der Waals surface area contributed by atoms with Crippen LogP contribution in [0.25, 0.3) is 11.3 Å². The smallest absolute Gasteiger partial charge is 0.220 e. The SMILES string of the molecule is CN(CCCNC(=O)CCc1ncc(-c2ccc(F)cc2)o1)C1CCCCC1. The van der Waals surface area contributed by atoms with Gasteiger partial charge in [-0.15, -0.1) is 0 Å². The first-order valence-corrected chi connectivity index (χ1v) is 10.3. The van der Waals surface area contributed by atoms with E-state index in [2.05, 4.69) is 22.2 Å². The minimum absolute atomic E-state index is 0.0156. The summed E-state index contributed by atoms with van der Waals surface area (Å²) in [5.74, 6) is 0.833. The largest absolute Gasteiger partial charge is 0.441 e. The molecule has 0 atom stereocenters. The first-order chi connectivity index (χ1) is 13.6. The average molecular weight is 387 g/mol. The molecule has 28 heavy (non-hydrogen) atoms. The van der Waals surface area contributed by atoms with Gasteiger partial charge < -0.3 is 14.6 Å². The van der Waals surface area contributed by atoms with E-state index in [1.54, 1.807) is 18.3 Å². The number of halogens is 1. The monoisotopic (exact) mass is 387 g/mol. The summed E-state index contributed by atoms with van der Waals surface area (Å²) in [5.41, 5.74) is 0.770. The molecule has 5 nitrogen and oxygen atoms in total. The quantitative estimate of drug-likeness (QED) is 0.656. The second-order valence-corrected chi connectivity index (χ2v) is 7.60. The van der Waals surface area contributed by atoms with E-state index >= 15 is 0 Å². The van der Waals surface area contributed by atoms with E-state index in [1.807, 2.05) is 0 Å². The van der Waals surface area contributed by atoms with Crippen molar-refractivity contribution in [3.05, 3.63) is 42.2 Å². The molecule has 1 fully saturated rings. The number of aromatic nitrogens is 1. The summed E-state index contributed by atoms with van der Waals surface area (Å²) in [6.07, 6.45) is 10.0. The van der Waals surface area contributed by atoms with Gasteiger partial charge in [-0.25, -0.2) is 9.37 Å². The highest BCUT2D eigenvalue weighted by atomic mass is 19.1. The number of rotatable bonds is 9. The number of nitrogens with zero attached hydrogens (tertiary/aromatic N) is 2. The van der Waals surface area contributed by atoms with Gasteiger partial charge in [0, 0.05) is 31.0 Å². The van der Waals surface area contributed by atoms with Crippen LogP contribution in [-0.4, -0.2) is 42.0 Å². The van der Waals surface area contributed by atoms with Crippen molar-refractivity contribution < 1.29 is 13.6 Å². The molecule has 0 unspecified atom stereocenters. The van der Waals surface area contributed by atoms with E-state index in [0.717, 1.165) is 18.5 Å². The lowest BCUT2D eigenvalue weighted by Crippen LogP contribution is -2.35. The van der Waals surface area contributed by atoms with Crippen LogP contribution < -0.4 is 5.32 Å². The number of carbonyl (C=O) groups excluding carboxylic acids is 1. The van der Waals surface area contributed by atoms with E-state index in [-0.39, 0.29) is 11.7 Å². The number of carbonyl (C=O) groups is 1. The molecule has 1 amide bonds. The lowest BCUT2D eigenvalue weighted by molar-refractivity contribution is -0.121. The van der Waals surface area contributed by atoms with Crippen LogP contribution in [-0.2, 0) is 11.2 Å². The predicted octanol–water partition coefficient (Wildman–Crippen LogP) is 4.18. The fourth-order valence-corrected chi connectivity index (χ4v) is 3.74. The van der Waals surface area contributed by atoms with E-state index in [9.17, 15) is 9.18 Å². The predicted molar refractivity (Wildman–Crippen MR) is 107 cm³/mol. The summed E-state index contributed by atoms with van der Waals surface area (Å²) >= 11 is 0. The molecule has 152 valence electrons. The Morgan fingerprint density at radius 3 is 2.75 bits per heavy atom. The first-order valence-electron chi connectivity index (χ1n) is 10.3. The third kappa shape index (κ3) is 6.16. The zero-order valence-corrected chi connectivity index (χ0v) is 16.6. The molecule has 1 aromatic carbocycles. The van der Waals surface area contributed by atoms with Gasteiger partial charge >= 0.3 is 0 Å². The molecule has 3 rings (SSSR count). The molecule has 0 saturated heterocycles. The Hall–Kier alpha value is -2.21. The Morgan fingerprint density at radius 1 is 1.25 bits per heavy atom. The Balaban J connectivity index is 1.33. The molecule has 1 aliphatic carbocycles. The number of amides is 1. The fourth-order valence-electron chi connectivity index (χ4n) is 3.74. The average Bonchev–Trinajstić information content (AvgIpc) is 3.20. The van der Waals surface area contributed by atoms with Crippen LogP contribution in [0.15, 0.2) is 34.9 Å². The Labute approximate surface area is 166 Å². The fraction of sp³-hybridized carbons (Fsp3) is 0.545. The zero-order chi connectivity index (χ0) is 19.8. The van der Waals surface area contributed by atoms with Crippen LogP contribution in [0.5, 0.6) is 0 Å². The van der Waals surface area contributed by atoms with Crippen molar-refractivity contribution in [3.8, 4) is 11.3 Å². The summed E-state index contributed by atoms with van der Waals surface area (Å²) in [6, 6.07) is 6.78. The molecule has 1 aliphatic rings. The second-order valence-electron chi connectivity index (χ2n) is 7.60. The lowest BCUT2D eigenvalue weighted by Gasteiger charge is -2.31. The van der Waals surface area contributed by atoms with Crippen molar-refractivity contribution in [2.24, 2.45) is 0 Å². The van der Waals surface area contributed by atoms with Crippen molar-refractivity contribution in [2.75, 3.05) is 20.1 Å². The van der Waals surface area contributed by atoms with Gasteiger partial charge in [-0.2, -0.15) is 0 Å². The highest BCUT2D eigenvalue weighted by molar-refractivity contribution is 5.76. The number of hydrogen-bond acceptors (Lipinski definition) is 4. The van der Waals surface area contributed by atoms with Crippen LogP contribution in [0, 0.1) is 5.82 Å². The molecule has 2 aromatic rings. The van der Waals surface area contributed by atoms with Gasteiger partial charge in [0.2, 0.25) is 5.91 Å². The standard InChI is InChI=1S/C22H30FN3O2/c1-26(19-6-3-2-4-7-19)15-5-14-24-21(27)12-13-22-25-16-20(28-22)17-8-10-18(23)11-9-17/h8-11,16,19H,2-7,12-15H2,1H3,(H,24,27). The van der Waals surface area contributed by atoms with Crippen molar-refractivity contribution in [1.29, 1.82) is 0 Å². The van der Waals surface area contributed by atoms with Gasteiger partial charge in [0.25, 0.3) is 0 Å². The van der Waals surface area contributed by atoms with Crippen LogP contribution in [0.4, 0.5) is 4.39 Å². The van der Waals surface area contributed by atoms with Crippen LogP contribution >= 0.6 is 0 Å². The van der Waals surface area contributed by atoms with Crippen LogP contribution in [0.1, 0.15) is 50.8 Å². The van der Waals surface area contributed by atoms with Crippen molar-refractivity contribution in [1.82, 2.24) is 15.2 Å². The summed E-state index contributed by atoms with van der Waals surface area (Å²) in [7, 11) is 2.19. The molecule has 1 N–H and O–H groups in total. The summed E-state index contributed by atoms with van der Waals surface area (Å²) in [5, 5.41) is 2.98. The maximum atomic E-state index is 13.0. The molecule has 0 bridgehead atoms. The minimum atomic E-state index is -0.287. The van der Waals surface area contributed by atoms with Gasteiger partial charge in [0.15, 0.2) is 11.7 Å². The summed E-state index contributed by atoms with van der Waals surface area (Å²) < 4.78 is 18.7. The van der Waals surface area contributed by atoms with Crippen molar-refractivity contribution >= 4 is 5.91 Å². The van der Waals surface area contributed by atoms with E-state index in [0.29, 0.717) is 37.1 Å². The highest BCUT2D eigenvalue weighted by Gasteiger charge is 2.17. The Bertz CT molecular complexity index is 738. The Kier molecular flexibility index (Phi) is 7.60. The molecule has 1 aromatic heterocycles. The molecule has 0 aliphatic heterocycles. The number of nitrogens with one attached hydrogen (secondary N) is 1. The highest BCUT2D eigenvalue weighted by Crippen LogP contribution is 2.22. The van der Waals surface area contributed by atoms with Gasteiger partial charge in [-0.05, 0) is 57.1 Å². The normalized spacial score (nSPS) is 15.1. The molecular weight excluding hydrogens is 357 g/mol. The Morgan fingerprint density at radius 2 is 2.00 bits per heavy atom. The molecular formula is C22H30FN3O2. The van der Waals surface area contributed by atoms with Gasteiger partial charge in [-0.3, -0.25) is 4.79 Å². The zero-order valence-electron chi connectivity index (χ0n) is 16.6. The van der Waals surface area contributed by atoms with Crippen molar-refractivity contribution in [2.45, 2.75) is 57.4 Å². The van der Waals surface area contributed by atoms with Crippen LogP contribution in [0.3, 0.4) is 0 Å². The van der Waals surface area contributed by atoms with E-state index in [4.69, 9.17) is 4.42 Å². The van der Waals surface area contributed by atoms with Gasteiger partial charge in [0.1, 0.15) is 5.82 Å². The molecule has 1 heterocycles. The second kappa shape index (κ2) is 10.4. The third-order valence-electron chi connectivity index (χ3n) is 5.46. The summed E-state index contributed by atoms with van der Waals surface area (Å²) in [6.45, 7) is 1.72. The van der Waals surface area contributed by atoms with E-state index in [1.165, 1.54) is 44.2 Å². The maximum Gasteiger partial charge on any atom is 0.220 e. The number of aryl methyl sites for hydroxylation is 1. The van der Waals surface area contributed by atoms with Crippen LogP contribution in [0.2, 0.25) is 0 Å². The third-order valence-corrected chi connectivity index (χ3v) is 5.46.